The number of benzene rings is 1. The minimum atomic E-state index is -0.673. The monoisotopic (exact) mass is 206 g/mol. The summed E-state index contributed by atoms with van der Waals surface area (Å²) in [6.07, 6.45) is 0.396. The number of hydrogen-bond acceptors (Lipinski definition) is 3. The third kappa shape index (κ3) is 3.07. The first-order chi connectivity index (χ1) is 7.00. The lowest BCUT2D eigenvalue weighted by Crippen LogP contribution is -2.38. The zero-order chi connectivity index (χ0) is 11.4. The molecule has 0 aliphatic rings. The number of amides is 1. The van der Waals surface area contributed by atoms with Gasteiger partial charge in [0.15, 0.2) is 0 Å². The first-order valence-corrected chi connectivity index (χ1v) is 4.49. The van der Waals surface area contributed by atoms with Gasteiger partial charge in [-0.2, -0.15) is 0 Å². The van der Waals surface area contributed by atoms with Crippen LogP contribution >= 0.6 is 0 Å². The molecule has 0 heterocycles. The quantitative estimate of drug-likeness (QED) is 0.386. The van der Waals surface area contributed by atoms with Gasteiger partial charge in [0.05, 0.1) is 6.04 Å². The van der Waals surface area contributed by atoms with Crippen LogP contribution in [0, 0.1) is 5.41 Å². The number of nitrogens with two attached hydrogens (primary N) is 3. The Bertz CT molecular complexity index is 372. The number of carbonyl (C=O) groups excluding carboxylic acids is 1. The Kier molecular flexibility index (Phi) is 3.41. The highest BCUT2D eigenvalue weighted by molar-refractivity contribution is 5.94. The lowest BCUT2D eigenvalue weighted by Gasteiger charge is -2.07. The second-order valence-corrected chi connectivity index (χ2v) is 3.32. The Morgan fingerprint density at radius 3 is 2.20 bits per heavy atom. The van der Waals surface area contributed by atoms with Gasteiger partial charge in [-0.25, -0.2) is 0 Å². The number of nitrogen functional groups attached to an aromatic ring is 1. The van der Waals surface area contributed by atoms with Crippen LogP contribution in [0.15, 0.2) is 24.3 Å². The lowest BCUT2D eigenvalue weighted by atomic mass is 10.0. The molecule has 0 aromatic heterocycles. The van der Waals surface area contributed by atoms with Crippen LogP contribution < -0.4 is 17.2 Å². The molecule has 0 fully saturated rings. The molecular weight excluding hydrogens is 192 g/mol. The third-order valence-electron chi connectivity index (χ3n) is 2.09. The third-order valence-corrected chi connectivity index (χ3v) is 2.09. The van der Waals surface area contributed by atoms with Crippen molar-refractivity contribution in [1.29, 1.82) is 5.41 Å². The Morgan fingerprint density at radius 1 is 1.27 bits per heavy atom. The normalized spacial score (nSPS) is 12.1. The fraction of sp³-hybridized carbons (Fsp3) is 0.200. The molecule has 0 bridgehead atoms. The summed E-state index contributed by atoms with van der Waals surface area (Å²) < 4.78 is 0. The van der Waals surface area contributed by atoms with E-state index in [1.54, 1.807) is 24.3 Å². The van der Waals surface area contributed by atoms with Crippen LogP contribution in [-0.4, -0.2) is 17.8 Å². The van der Waals surface area contributed by atoms with Crippen molar-refractivity contribution < 1.29 is 4.79 Å². The van der Waals surface area contributed by atoms with Crippen molar-refractivity contribution in [3.05, 3.63) is 35.4 Å². The van der Waals surface area contributed by atoms with Crippen molar-refractivity contribution in [1.82, 2.24) is 0 Å². The molecule has 15 heavy (non-hydrogen) atoms. The van der Waals surface area contributed by atoms with Crippen molar-refractivity contribution >= 4 is 11.7 Å². The summed E-state index contributed by atoms with van der Waals surface area (Å²) in [6, 6.07) is 6.31. The van der Waals surface area contributed by atoms with E-state index in [4.69, 9.17) is 22.6 Å². The van der Waals surface area contributed by atoms with Gasteiger partial charge in [0.25, 0.3) is 0 Å². The number of carbonyl (C=O) groups is 1. The molecule has 0 unspecified atom stereocenters. The van der Waals surface area contributed by atoms with Crippen molar-refractivity contribution in [2.45, 2.75) is 12.5 Å². The van der Waals surface area contributed by atoms with E-state index in [0.717, 1.165) is 5.56 Å². The fourth-order valence-electron chi connectivity index (χ4n) is 1.17. The molecule has 80 valence electrons. The maximum atomic E-state index is 10.7. The van der Waals surface area contributed by atoms with Crippen LogP contribution in [-0.2, 0) is 11.2 Å². The SMILES string of the molecule is N=C(N)c1ccc(C[C@H](N)C(N)=O)cc1. The van der Waals surface area contributed by atoms with Crippen LogP contribution in [0.25, 0.3) is 0 Å². The summed E-state index contributed by atoms with van der Waals surface area (Å²) in [5.41, 5.74) is 17.4. The highest BCUT2D eigenvalue weighted by Gasteiger charge is 2.09. The zero-order valence-corrected chi connectivity index (χ0v) is 8.23. The van der Waals surface area contributed by atoms with Crippen molar-refractivity contribution in [3.63, 3.8) is 0 Å². The summed E-state index contributed by atoms with van der Waals surface area (Å²) in [5, 5.41) is 7.19. The van der Waals surface area contributed by atoms with E-state index in [1.807, 2.05) is 0 Å². The molecule has 1 amide bonds. The maximum Gasteiger partial charge on any atom is 0.234 e. The number of amidine groups is 1. The van der Waals surface area contributed by atoms with Crippen LogP contribution in [0.4, 0.5) is 0 Å². The lowest BCUT2D eigenvalue weighted by molar-refractivity contribution is -0.119. The van der Waals surface area contributed by atoms with E-state index >= 15 is 0 Å². The zero-order valence-electron chi connectivity index (χ0n) is 8.23. The van der Waals surface area contributed by atoms with Crippen molar-refractivity contribution in [2.24, 2.45) is 17.2 Å². The number of rotatable bonds is 4. The van der Waals surface area contributed by atoms with Crippen molar-refractivity contribution in [3.8, 4) is 0 Å². The topological polar surface area (TPSA) is 119 Å². The highest BCUT2D eigenvalue weighted by atomic mass is 16.1. The smallest absolute Gasteiger partial charge is 0.234 e. The molecule has 5 heteroatoms. The summed E-state index contributed by atoms with van der Waals surface area (Å²) >= 11 is 0. The van der Waals surface area contributed by atoms with E-state index in [2.05, 4.69) is 0 Å². The van der Waals surface area contributed by atoms with Gasteiger partial charge >= 0.3 is 0 Å². The van der Waals surface area contributed by atoms with Crippen LogP contribution in [0.5, 0.6) is 0 Å². The largest absolute Gasteiger partial charge is 0.384 e. The van der Waals surface area contributed by atoms with E-state index in [1.165, 1.54) is 0 Å². The van der Waals surface area contributed by atoms with Gasteiger partial charge in [0.2, 0.25) is 5.91 Å². The minimum absolute atomic E-state index is 0.0146. The molecule has 0 aliphatic heterocycles. The van der Waals surface area contributed by atoms with Gasteiger partial charge in [0, 0.05) is 5.56 Å². The molecule has 7 N–H and O–H groups in total. The molecule has 1 aromatic rings. The van der Waals surface area contributed by atoms with E-state index in [0.29, 0.717) is 12.0 Å². The van der Waals surface area contributed by atoms with Gasteiger partial charge in [-0.05, 0) is 12.0 Å². The average molecular weight is 206 g/mol. The van der Waals surface area contributed by atoms with E-state index < -0.39 is 11.9 Å². The highest BCUT2D eigenvalue weighted by Crippen LogP contribution is 2.05. The number of hydrogen-bond donors (Lipinski definition) is 4. The average Bonchev–Trinajstić information content (AvgIpc) is 2.18. The maximum absolute atomic E-state index is 10.7. The molecule has 0 aliphatic carbocycles. The molecule has 1 atom stereocenters. The minimum Gasteiger partial charge on any atom is -0.384 e. The Hall–Kier alpha value is -1.88. The molecular formula is C10H14N4O. The Balaban J connectivity index is 2.72. The fourth-order valence-corrected chi connectivity index (χ4v) is 1.17. The standard InChI is InChI=1S/C10H14N4O/c11-8(10(14)15)5-6-1-3-7(4-2-6)9(12)13/h1-4,8H,5,11H2,(H3,12,13)(H2,14,15)/t8-/m0/s1. The molecule has 0 spiro atoms. The van der Waals surface area contributed by atoms with E-state index in [-0.39, 0.29) is 5.84 Å². The number of nitrogens with one attached hydrogen (secondary N) is 1. The van der Waals surface area contributed by atoms with E-state index in [9.17, 15) is 4.79 Å². The van der Waals surface area contributed by atoms with Crippen LogP contribution in [0.1, 0.15) is 11.1 Å². The Morgan fingerprint density at radius 2 is 1.80 bits per heavy atom. The van der Waals surface area contributed by atoms with Gasteiger partial charge < -0.3 is 17.2 Å². The van der Waals surface area contributed by atoms with Gasteiger partial charge in [0.1, 0.15) is 5.84 Å². The summed E-state index contributed by atoms with van der Waals surface area (Å²) in [5.74, 6) is -0.508. The second-order valence-electron chi connectivity index (χ2n) is 3.32. The predicted octanol–water partition coefficient (Wildman–Crippen LogP) is -0.674. The first kappa shape index (κ1) is 11.2. The molecule has 1 aromatic carbocycles. The predicted molar refractivity (Wildman–Crippen MR) is 58.3 cm³/mol. The van der Waals surface area contributed by atoms with Crippen LogP contribution in [0.2, 0.25) is 0 Å². The molecule has 5 nitrogen and oxygen atoms in total. The summed E-state index contributed by atoms with van der Waals surface area (Å²) in [7, 11) is 0. The molecule has 0 saturated carbocycles. The van der Waals surface area contributed by atoms with Gasteiger partial charge in [-0.15, -0.1) is 0 Å². The van der Waals surface area contributed by atoms with Crippen molar-refractivity contribution in [2.75, 3.05) is 0 Å². The molecule has 0 radical (unpaired) electrons. The summed E-state index contributed by atoms with van der Waals surface area (Å²) in [4.78, 5) is 10.7. The number of primary amides is 1. The first-order valence-electron chi connectivity index (χ1n) is 4.49. The second kappa shape index (κ2) is 4.56. The van der Waals surface area contributed by atoms with Gasteiger partial charge in [-0.1, -0.05) is 24.3 Å². The Labute approximate surface area is 87.8 Å². The summed E-state index contributed by atoms with van der Waals surface area (Å²) in [6.45, 7) is 0. The van der Waals surface area contributed by atoms with Gasteiger partial charge in [-0.3, -0.25) is 10.2 Å². The van der Waals surface area contributed by atoms with Crippen LogP contribution in [0.3, 0.4) is 0 Å². The molecule has 0 saturated heterocycles. The molecule has 1 rings (SSSR count).